The van der Waals surface area contributed by atoms with Gasteiger partial charge in [0.25, 0.3) is 0 Å². The lowest BCUT2D eigenvalue weighted by Crippen LogP contribution is -2.46. The molecule has 2 aromatic rings. The first-order valence-electron chi connectivity index (χ1n) is 10.4. The number of pyridine rings is 1. The summed E-state index contributed by atoms with van der Waals surface area (Å²) >= 11 is 1.56. The Morgan fingerprint density at radius 3 is 2.65 bits per heavy atom. The highest BCUT2D eigenvalue weighted by Gasteiger charge is 2.26. The maximum atomic E-state index is 12.9. The van der Waals surface area contributed by atoms with Gasteiger partial charge in [-0.15, -0.1) is 0 Å². The van der Waals surface area contributed by atoms with Crippen molar-refractivity contribution in [2.45, 2.75) is 55.7 Å². The van der Waals surface area contributed by atoms with Crippen LogP contribution in [0.4, 0.5) is 0 Å². The van der Waals surface area contributed by atoms with Gasteiger partial charge in [-0.2, -0.15) is 16.5 Å². The van der Waals surface area contributed by atoms with Crippen LogP contribution in [0.3, 0.4) is 0 Å². The Labute approximate surface area is 188 Å². The Balaban J connectivity index is 1.66. The Kier molecular flexibility index (Phi) is 8.74. The number of hydrogen-bond donors (Lipinski definition) is 2. The molecule has 1 aromatic carbocycles. The van der Waals surface area contributed by atoms with Gasteiger partial charge in [-0.1, -0.05) is 24.3 Å². The van der Waals surface area contributed by atoms with Crippen molar-refractivity contribution >= 4 is 27.7 Å². The summed E-state index contributed by atoms with van der Waals surface area (Å²) < 4.78 is 34.0. The fraction of sp³-hybridized carbons (Fsp3) is 0.455. The Morgan fingerprint density at radius 2 is 1.94 bits per heavy atom. The lowest BCUT2D eigenvalue weighted by atomic mass is 10.2. The molecule has 1 fully saturated rings. The van der Waals surface area contributed by atoms with E-state index in [1.807, 2.05) is 12.3 Å². The van der Waals surface area contributed by atoms with Crippen molar-refractivity contribution in [1.29, 1.82) is 0 Å². The maximum absolute atomic E-state index is 12.9. The molecular weight excluding hydrogens is 434 g/mol. The number of thioether (sulfide) groups is 1. The summed E-state index contributed by atoms with van der Waals surface area (Å²) in [5.74, 6) is 0.808. The summed E-state index contributed by atoms with van der Waals surface area (Å²) in [7, 11) is -3.80. The van der Waals surface area contributed by atoms with Crippen molar-refractivity contribution in [3.05, 3.63) is 54.2 Å². The van der Waals surface area contributed by atoms with Gasteiger partial charge in [0.1, 0.15) is 12.1 Å². The first-order valence-corrected chi connectivity index (χ1v) is 13.3. The summed E-state index contributed by atoms with van der Waals surface area (Å²) in [5, 5.41) is 2.85. The second-order valence-electron chi connectivity index (χ2n) is 7.48. The van der Waals surface area contributed by atoms with E-state index in [1.54, 1.807) is 42.2 Å². The van der Waals surface area contributed by atoms with Gasteiger partial charge in [0.15, 0.2) is 0 Å². The highest BCUT2D eigenvalue weighted by Crippen LogP contribution is 2.25. The molecule has 1 aliphatic carbocycles. The molecule has 31 heavy (non-hydrogen) atoms. The number of sulfonamides is 1. The molecule has 168 valence electrons. The van der Waals surface area contributed by atoms with Crippen LogP contribution in [0.1, 0.15) is 37.7 Å². The van der Waals surface area contributed by atoms with E-state index in [1.165, 1.54) is 12.1 Å². The van der Waals surface area contributed by atoms with Crippen molar-refractivity contribution in [1.82, 2.24) is 15.0 Å². The molecule has 0 bridgehead atoms. The van der Waals surface area contributed by atoms with E-state index in [4.69, 9.17) is 4.74 Å². The number of aromatic nitrogens is 1. The summed E-state index contributed by atoms with van der Waals surface area (Å²) in [6, 6.07) is 10.9. The normalized spacial score (nSPS) is 15.5. The van der Waals surface area contributed by atoms with E-state index in [9.17, 15) is 13.2 Å². The zero-order valence-electron chi connectivity index (χ0n) is 17.6. The number of amides is 1. The van der Waals surface area contributed by atoms with E-state index in [0.29, 0.717) is 18.1 Å². The number of ether oxygens (including phenoxy) is 1. The van der Waals surface area contributed by atoms with Crippen LogP contribution in [0.15, 0.2) is 53.6 Å². The van der Waals surface area contributed by atoms with Crippen LogP contribution < -0.4 is 14.8 Å². The molecule has 1 atom stereocenters. The molecule has 1 amide bonds. The third kappa shape index (κ3) is 6.95. The average molecular weight is 464 g/mol. The van der Waals surface area contributed by atoms with Gasteiger partial charge in [0.05, 0.1) is 4.90 Å². The summed E-state index contributed by atoms with van der Waals surface area (Å²) in [6.07, 6.45) is 8.48. The van der Waals surface area contributed by atoms with Gasteiger partial charge in [0.2, 0.25) is 21.8 Å². The number of carbonyl (C=O) groups is 1. The van der Waals surface area contributed by atoms with Crippen LogP contribution in [0.2, 0.25) is 0 Å². The minimum atomic E-state index is -3.80. The smallest absolute Gasteiger partial charge is 0.241 e. The molecule has 1 unspecified atom stereocenters. The SMILES string of the molecule is CSCCC(NS(=O)(=O)c1ccccc1)C(=O)NCc1cccnc1OC1CCCC1. The largest absolute Gasteiger partial charge is 0.474 e. The molecule has 1 aliphatic rings. The highest BCUT2D eigenvalue weighted by atomic mass is 32.2. The lowest BCUT2D eigenvalue weighted by molar-refractivity contribution is -0.122. The molecule has 1 saturated carbocycles. The van der Waals surface area contributed by atoms with Gasteiger partial charge in [-0.25, -0.2) is 13.4 Å². The maximum Gasteiger partial charge on any atom is 0.241 e. The fourth-order valence-corrected chi connectivity index (χ4v) is 5.19. The molecule has 3 rings (SSSR count). The second-order valence-corrected chi connectivity index (χ2v) is 10.2. The molecule has 7 nitrogen and oxygen atoms in total. The van der Waals surface area contributed by atoms with Crippen LogP contribution in [-0.2, 0) is 21.4 Å². The third-order valence-electron chi connectivity index (χ3n) is 5.16. The Bertz CT molecular complexity index is 948. The van der Waals surface area contributed by atoms with Gasteiger partial charge >= 0.3 is 0 Å². The van der Waals surface area contributed by atoms with Crippen molar-refractivity contribution in [2.75, 3.05) is 12.0 Å². The molecular formula is C22H29N3O4S2. The topological polar surface area (TPSA) is 97.4 Å². The second kappa shape index (κ2) is 11.5. The van der Waals surface area contributed by atoms with Gasteiger partial charge in [-0.05, 0) is 62.3 Å². The number of carbonyl (C=O) groups excluding carboxylic acids is 1. The van der Waals surface area contributed by atoms with Crippen LogP contribution >= 0.6 is 11.8 Å². The van der Waals surface area contributed by atoms with E-state index >= 15 is 0 Å². The first-order chi connectivity index (χ1) is 15.0. The predicted octanol–water partition coefficient (Wildman–Crippen LogP) is 3.12. The van der Waals surface area contributed by atoms with Crippen molar-refractivity contribution in [2.24, 2.45) is 0 Å². The minimum Gasteiger partial charge on any atom is -0.474 e. The van der Waals surface area contributed by atoms with E-state index in [-0.39, 0.29) is 23.5 Å². The van der Waals surface area contributed by atoms with Crippen LogP contribution in [-0.4, -0.2) is 43.5 Å². The van der Waals surface area contributed by atoms with E-state index < -0.39 is 16.1 Å². The molecule has 1 aromatic heterocycles. The summed E-state index contributed by atoms with van der Waals surface area (Å²) in [5.41, 5.74) is 0.775. The lowest BCUT2D eigenvalue weighted by Gasteiger charge is -2.19. The average Bonchev–Trinajstić information content (AvgIpc) is 3.29. The van der Waals surface area contributed by atoms with Crippen molar-refractivity contribution < 1.29 is 17.9 Å². The van der Waals surface area contributed by atoms with Crippen molar-refractivity contribution in [3.8, 4) is 5.88 Å². The number of rotatable bonds is 11. The van der Waals surface area contributed by atoms with Crippen LogP contribution in [0, 0.1) is 0 Å². The highest BCUT2D eigenvalue weighted by molar-refractivity contribution is 7.98. The predicted molar refractivity (Wildman–Crippen MR) is 123 cm³/mol. The molecule has 9 heteroatoms. The van der Waals surface area contributed by atoms with Gasteiger partial charge < -0.3 is 10.1 Å². The summed E-state index contributed by atoms with van der Waals surface area (Å²) in [6.45, 7) is 0.220. The monoisotopic (exact) mass is 463 g/mol. The zero-order valence-corrected chi connectivity index (χ0v) is 19.3. The molecule has 0 saturated heterocycles. The van der Waals surface area contributed by atoms with Gasteiger partial charge in [-0.3, -0.25) is 4.79 Å². The number of nitrogens with zero attached hydrogens (tertiary/aromatic N) is 1. The van der Waals surface area contributed by atoms with Crippen LogP contribution in [0.25, 0.3) is 0 Å². The molecule has 0 spiro atoms. The Morgan fingerprint density at radius 1 is 1.19 bits per heavy atom. The third-order valence-corrected chi connectivity index (χ3v) is 7.29. The van der Waals surface area contributed by atoms with Gasteiger partial charge in [0, 0.05) is 18.3 Å². The zero-order chi connectivity index (χ0) is 22.1. The molecule has 0 aliphatic heterocycles. The Hall–Kier alpha value is -2.10. The number of hydrogen-bond acceptors (Lipinski definition) is 6. The first kappa shape index (κ1) is 23.6. The minimum absolute atomic E-state index is 0.136. The molecule has 0 radical (unpaired) electrons. The van der Waals surface area contributed by atoms with E-state index in [0.717, 1.165) is 31.2 Å². The fourth-order valence-electron chi connectivity index (χ4n) is 3.47. The van der Waals surface area contributed by atoms with E-state index in [2.05, 4.69) is 15.0 Å². The van der Waals surface area contributed by atoms with Crippen molar-refractivity contribution in [3.63, 3.8) is 0 Å². The van der Waals surface area contributed by atoms with Crippen LogP contribution in [0.5, 0.6) is 5.88 Å². The number of benzene rings is 1. The summed E-state index contributed by atoms with van der Waals surface area (Å²) in [4.78, 5) is 17.3. The standard InChI is InChI=1S/C22H29N3O4S2/c1-30-15-13-20(25-31(27,28)19-11-3-2-4-12-19)21(26)24-16-17-8-7-14-23-22(17)29-18-9-5-6-10-18/h2-4,7-8,11-12,14,18,20,25H,5-6,9-10,13,15-16H2,1H3,(H,24,26). The molecule has 1 heterocycles. The molecule has 2 N–H and O–H groups in total. The quantitative estimate of drug-likeness (QED) is 0.531. The number of nitrogens with one attached hydrogen (secondary N) is 2.